The average Bonchev–Trinajstić information content (AvgIpc) is 2.29. The van der Waals surface area contributed by atoms with Crippen LogP contribution in [0.15, 0.2) is 0 Å². The molecule has 0 aliphatic carbocycles. The average molecular weight is 230 g/mol. The molecule has 0 N–H and O–H groups in total. The van der Waals surface area contributed by atoms with E-state index in [1.165, 1.54) is 0 Å². The Morgan fingerprint density at radius 2 is 2.19 bits per heavy atom. The first-order valence-corrected chi connectivity index (χ1v) is 5.85. The molecule has 4 heteroatoms. The summed E-state index contributed by atoms with van der Waals surface area (Å²) < 4.78 is 16.3. The lowest BCUT2D eigenvalue weighted by Crippen LogP contribution is -2.54. The molecular formula is C12H22O4. The lowest BCUT2D eigenvalue weighted by molar-refractivity contribution is -0.294. The molecular weight excluding hydrogens is 208 g/mol. The molecule has 1 fully saturated rings. The van der Waals surface area contributed by atoms with Crippen molar-refractivity contribution in [3.8, 4) is 0 Å². The minimum atomic E-state index is -0.804. The third kappa shape index (κ3) is 2.81. The van der Waals surface area contributed by atoms with E-state index in [0.29, 0.717) is 6.42 Å². The van der Waals surface area contributed by atoms with E-state index in [-0.39, 0.29) is 18.0 Å². The quantitative estimate of drug-likeness (QED) is 0.723. The lowest BCUT2D eigenvalue weighted by atomic mass is 9.95. The Labute approximate surface area is 97.2 Å². The number of carbonyl (C=O) groups excluding carboxylic acids is 1. The zero-order valence-electron chi connectivity index (χ0n) is 10.6. The largest absolute Gasteiger partial charge is 0.375 e. The summed E-state index contributed by atoms with van der Waals surface area (Å²) in [6, 6.07) is 0. The lowest BCUT2D eigenvalue weighted by Gasteiger charge is -2.41. The van der Waals surface area contributed by atoms with Crippen molar-refractivity contribution in [1.82, 2.24) is 0 Å². The molecule has 0 bridgehead atoms. The van der Waals surface area contributed by atoms with Gasteiger partial charge in [0.05, 0.1) is 0 Å². The first kappa shape index (κ1) is 13.6. The monoisotopic (exact) mass is 230 g/mol. The number of methoxy groups -OCH3 is 2. The van der Waals surface area contributed by atoms with Gasteiger partial charge in [0.25, 0.3) is 0 Å². The van der Waals surface area contributed by atoms with Gasteiger partial charge in [0, 0.05) is 20.6 Å². The van der Waals surface area contributed by atoms with Crippen LogP contribution in [0.4, 0.5) is 0 Å². The Bertz CT molecular complexity index is 241. The van der Waals surface area contributed by atoms with Gasteiger partial charge in [-0.2, -0.15) is 0 Å². The fraction of sp³-hybridized carbons (Fsp3) is 0.917. The minimum absolute atomic E-state index is 0.120. The normalized spacial score (nSPS) is 35.4. The zero-order valence-corrected chi connectivity index (χ0v) is 10.6. The second-order valence-electron chi connectivity index (χ2n) is 4.36. The number of unbranched alkanes of at least 4 members (excludes halogenated alkanes) is 1. The maximum atomic E-state index is 11.8. The van der Waals surface area contributed by atoms with Crippen molar-refractivity contribution in [1.29, 1.82) is 0 Å². The van der Waals surface area contributed by atoms with Gasteiger partial charge in [-0.1, -0.05) is 19.8 Å². The molecule has 0 aromatic rings. The predicted octanol–water partition coefficient (Wildman–Crippen LogP) is 1.91. The number of carbonyl (C=O) groups is 1. The summed E-state index contributed by atoms with van der Waals surface area (Å²) in [6.45, 7) is 3.92. The van der Waals surface area contributed by atoms with Crippen LogP contribution in [0.25, 0.3) is 0 Å². The van der Waals surface area contributed by atoms with Gasteiger partial charge in [0.15, 0.2) is 11.6 Å². The van der Waals surface area contributed by atoms with E-state index in [0.717, 1.165) is 19.3 Å². The third-order valence-corrected chi connectivity index (χ3v) is 3.22. The Hall–Kier alpha value is -0.450. The second-order valence-corrected chi connectivity index (χ2v) is 4.36. The van der Waals surface area contributed by atoms with E-state index in [9.17, 15) is 4.79 Å². The third-order valence-electron chi connectivity index (χ3n) is 3.22. The fourth-order valence-electron chi connectivity index (χ4n) is 2.01. The molecule has 94 valence electrons. The SMILES string of the molecule is CCCCC1OC(C)(OC)C(OC)CC1=O. The second kappa shape index (κ2) is 5.75. The van der Waals surface area contributed by atoms with Gasteiger partial charge in [0.1, 0.15) is 12.2 Å². The van der Waals surface area contributed by atoms with Gasteiger partial charge in [0.2, 0.25) is 0 Å². The number of ether oxygens (including phenoxy) is 3. The summed E-state index contributed by atoms with van der Waals surface area (Å²) >= 11 is 0. The molecule has 0 spiro atoms. The first-order chi connectivity index (χ1) is 7.57. The minimum Gasteiger partial charge on any atom is -0.375 e. The van der Waals surface area contributed by atoms with Gasteiger partial charge < -0.3 is 14.2 Å². The standard InChI is InChI=1S/C12H22O4/c1-5-6-7-10-9(13)8-11(14-3)12(2,15-4)16-10/h10-11H,5-8H2,1-4H3. The Morgan fingerprint density at radius 3 is 2.69 bits per heavy atom. The molecule has 4 nitrogen and oxygen atoms in total. The number of hydrogen-bond acceptors (Lipinski definition) is 4. The highest BCUT2D eigenvalue weighted by Crippen LogP contribution is 2.31. The molecule has 1 saturated heterocycles. The highest BCUT2D eigenvalue weighted by Gasteiger charge is 2.45. The van der Waals surface area contributed by atoms with Gasteiger partial charge in [-0.3, -0.25) is 4.79 Å². The van der Waals surface area contributed by atoms with E-state index in [2.05, 4.69) is 6.92 Å². The molecule has 0 radical (unpaired) electrons. The van der Waals surface area contributed by atoms with Crippen LogP contribution in [0.3, 0.4) is 0 Å². The van der Waals surface area contributed by atoms with Crippen molar-refractivity contribution in [2.45, 2.75) is 57.5 Å². The Morgan fingerprint density at radius 1 is 1.50 bits per heavy atom. The number of ketones is 1. The summed E-state index contributed by atoms with van der Waals surface area (Å²) in [5, 5.41) is 0. The van der Waals surface area contributed by atoms with Gasteiger partial charge in [-0.25, -0.2) is 0 Å². The summed E-state index contributed by atoms with van der Waals surface area (Å²) in [4.78, 5) is 11.8. The summed E-state index contributed by atoms with van der Waals surface area (Å²) in [5.41, 5.74) is 0. The van der Waals surface area contributed by atoms with Crippen molar-refractivity contribution < 1.29 is 19.0 Å². The van der Waals surface area contributed by atoms with E-state index in [1.807, 2.05) is 6.92 Å². The van der Waals surface area contributed by atoms with E-state index in [1.54, 1.807) is 14.2 Å². The molecule has 1 aliphatic heterocycles. The molecule has 0 saturated carbocycles. The molecule has 1 rings (SSSR count). The molecule has 0 aromatic carbocycles. The van der Waals surface area contributed by atoms with Crippen LogP contribution in [-0.4, -0.2) is 38.0 Å². The van der Waals surface area contributed by atoms with E-state index in [4.69, 9.17) is 14.2 Å². The predicted molar refractivity (Wildman–Crippen MR) is 60.2 cm³/mol. The highest BCUT2D eigenvalue weighted by molar-refractivity contribution is 5.84. The van der Waals surface area contributed by atoms with Crippen LogP contribution in [0, 0.1) is 0 Å². The highest BCUT2D eigenvalue weighted by atomic mass is 16.7. The van der Waals surface area contributed by atoms with Crippen LogP contribution >= 0.6 is 0 Å². The fourth-order valence-corrected chi connectivity index (χ4v) is 2.01. The molecule has 1 heterocycles. The first-order valence-electron chi connectivity index (χ1n) is 5.85. The van der Waals surface area contributed by atoms with Gasteiger partial charge in [-0.05, 0) is 13.3 Å². The summed E-state index contributed by atoms with van der Waals surface area (Å²) in [6.07, 6.45) is 2.54. The van der Waals surface area contributed by atoms with E-state index >= 15 is 0 Å². The smallest absolute Gasteiger partial charge is 0.192 e. The molecule has 0 amide bonds. The van der Waals surface area contributed by atoms with Crippen LogP contribution < -0.4 is 0 Å². The Kier molecular flexibility index (Phi) is 4.89. The van der Waals surface area contributed by atoms with Crippen molar-refractivity contribution in [2.24, 2.45) is 0 Å². The van der Waals surface area contributed by atoms with Crippen molar-refractivity contribution in [2.75, 3.05) is 14.2 Å². The summed E-state index contributed by atoms with van der Waals surface area (Å²) in [7, 11) is 3.16. The molecule has 3 atom stereocenters. The van der Waals surface area contributed by atoms with E-state index < -0.39 is 5.79 Å². The van der Waals surface area contributed by atoms with Crippen LogP contribution in [0.1, 0.15) is 39.5 Å². The van der Waals surface area contributed by atoms with Gasteiger partial charge in [-0.15, -0.1) is 0 Å². The van der Waals surface area contributed by atoms with Gasteiger partial charge >= 0.3 is 0 Å². The molecule has 3 unspecified atom stereocenters. The summed E-state index contributed by atoms with van der Waals surface area (Å²) in [5.74, 6) is -0.684. The van der Waals surface area contributed by atoms with Crippen molar-refractivity contribution in [3.05, 3.63) is 0 Å². The number of Topliss-reactive ketones (excluding diaryl/α,β-unsaturated/α-hetero) is 1. The van der Waals surface area contributed by atoms with Crippen LogP contribution in [0.2, 0.25) is 0 Å². The van der Waals surface area contributed by atoms with Crippen LogP contribution in [0.5, 0.6) is 0 Å². The van der Waals surface area contributed by atoms with Crippen LogP contribution in [-0.2, 0) is 19.0 Å². The maximum absolute atomic E-state index is 11.8. The molecule has 16 heavy (non-hydrogen) atoms. The number of hydrogen-bond donors (Lipinski definition) is 0. The zero-order chi connectivity index (χ0) is 12.2. The molecule has 1 aliphatic rings. The van der Waals surface area contributed by atoms with Crippen molar-refractivity contribution >= 4 is 5.78 Å². The molecule has 0 aromatic heterocycles. The van der Waals surface area contributed by atoms with Crippen molar-refractivity contribution in [3.63, 3.8) is 0 Å². The number of rotatable bonds is 5. The topological polar surface area (TPSA) is 44.8 Å². The Balaban J connectivity index is 2.68. The maximum Gasteiger partial charge on any atom is 0.192 e.